The molecule has 208 valence electrons. The van der Waals surface area contributed by atoms with E-state index in [0.717, 1.165) is 55.7 Å². The summed E-state index contributed by atoms with van der Waals surface area (Å²) in [5.74, 6) is 1.83. The number of hydrogen-bond donors (Lipinski definition) is 4. The van der Waals surface area contributed by atoms with Crippen LogP contribution >= 0.6 is 0 Å². The molecule has 0 amide bonds. The number of β-amino-alcohol motifs (C(OH)–C–C–N with tert-alkyl or cyclic N) is 1. The highest BCUT2D eigenvalue weighted by atomic mass is 16.5. The number of nitrogens with one attached hydrogen (secondary N) is 1. The lowest BCUT2D eigenvalue weighted by molar-refractivity contribution is 0.0280. The number of aliphatic hydroxyl groups is 2. The van der Waals surface area contributed by atoms with Gasteiger partial charge in [0.05, 0.1) is 25.5 Å². The number of nitrogens with zero attached hydrogens (tertiary/aromatic N) is 6. The van der Waals surface area contributed by atoms with Gasteiger partial charge in [0.15, 0.2) is 5.82 Å². The molecule has 4 heterocycles. The minimum Gasteiger partial charge on any atom is -0.495 e. The van der Waals surface area contributed by atoms with E-state index in [2.05, 4.69) is 38.3 Å². The van der Waals surface area contributed by atoms with Gasteiger partial charge in [0.1, 0.15) is 22.5 Å². The van der Waals surface area contributed by atoms with Crippen LogP contribution in [0.3, 0.4) is 0 Å². The zero-order valence-corrected chi connectivity index (χ0v) is 23.0. The van der Waals surface area contributed by atoms with Gasteiger partial charge >= 0.3 is 0 Å². The van der Waals surface area contributed by atoms with Gasteiger partial charge in [-0.15, -0.1) is 0 Å². The Morgan fingerprint density at radius 3 is 2.61 bits per heavy atom. The summed E-state index contributed by atoms with van der Waals surface area (Å²) in [4.78, 5) is 16.2. The highest BCUT2D eigenvalue weighted by Gasteiger charge is 2.26. The van der Waals surface area contributed by atoms with Gasteiger partial charge in [-0.3, -0.25) is 9.67 Å². The molecule has 5 N–H and O–H groups in total. The summed E-state index contributed by atoms with van der Waals surface area (Å²) in [5, 5.41) is 27.8. The van der Waals surface area contributed by atoms with Gasteiger partial charge in [-0.1, -0.05) is 13.3 Å². The zero-order valence-electron chi connectivity index (χ0n) is 23.0. The van der Waals surface area contributed by atoms with Crippen molar-refractivity contribution in [1.29, 1.82) is 0 Å². The third-order valence-electron chi connectivity index (χ3n) is 7.05. The number of fused-ring (bicyclic) bond motifs is 1. The molecule has 1 saturated heterocycles. The Morgan fingerprint density at radius 1 is 1.18 bits per heavy atom. The van der Waals surface area contributed by atoms with E-state index in [4.69, 9.17) is 15.5 Å². The van der Waals surface area contributed by atoms with E-state index in [1.165, 1.54) is 0 Å². The number of hydrogen-bond acceptors (Lipinski definition) is 10. The van der Waals surface area contributed by atoms with Crippen LogP contribution in [0.25, 0.3) is 11.0 Å². The summed E-state index contributed by atoms with van der Waals surface area (Å²) in [6, 6.07) is 4.10. The van der Waals surface area contributed by atoms with E-state index in [1.54, 1.807) is 13.3 Å². The van der Waals surface area contributed by atoms with Crippen molar-refractivity contribution in [2.24, 2.45) is 0 Å². The molecule has 0 spiro atoms. The standard InChI is InChI=1S/C27H42N8O3/c1-5-6-19(11-14-36)30-25-24-21(32-26(28)33-25)15-29-35(24)16-22-23(38-4)8-7-20(31-22)18-9-12-34(13-10-18)17-27(2,3)37/h7-8,15,18-19,36-37H,5-6,9-14,16-17H2,1-4H3,(H3,28,30,32,33)/t19-/m0/s1. The zero-order chi connectivity index (χ0) is 27.3. The second-order valence-electron chi connectivity index (χ2n) is 10.9. The monoisotopic (exact) mass is 526 g/mol. The first-order valence-corrected chi connectivity index (χ1v) is 13.6. The van der Waals surface area contributed by atoms with Crippen LogP contribution < -0.4 is 15.8 Å². The molecule has 0 saturated carbocycles. The fraction of sp³-hybridized carbons (Fsp3) is 0.630. The first-order valence-electron chi connectivity index (χ1n) is 13.6. The van der Waals surface area contributed by atoms with E-state index in [-0.39, 0.29) is 18.6 Å². The molecule has 11 heteroatoms. The average molecular weight is 527 g/mol. The molecule has 38 heavy (non-hydrogen) atoms. The van der Waals surface area contributed by atoms with E-state index in [1.807, 2.05) is 24.6 Å². The first-order chi connectivity index (χ1) is 18.2. The normalized spacial score (nSPS) is 16.2. The van der Waals surface area contributed by atoms with E-state index in [0.29, 0.717) is 42.5 Å². The molecule has 3 aromatic heterocycles. The van der Waals surface area contributed by atoms with Gasteiger partial charge in [0.2, 0.25) is 5.95 Å². The molecular formula is C27H42N8O3. The van der Waals surface area contributed by atoms with Crippen LogP contribution in [0.5, 0.6) is 5.75 Å². The second-order valence-corrected chi connectivity index (χ2v) is 10.9. The number of rotatable bonds is 12. The molecule has 1 atom stereocenters. The quantitative estimate of drug-likeness (QED) is 0.278. The highest BCUT2D eigenvalue weighted by molar-refractivity contribution is 5.86. The number of pyridine rings is 1. The molecule has 0 radical (unpaired) electrons. The number of nitrogen functional groups attached to an aromatic ring is 1. The molecule has 0 unspecified atom stereocenters. The maximum absolute atomic E-state index is 10.2. The topological polar surface area (TPSA) is 147 Å². The van der Waals surface area contributed by atoms with Crippen molar-refractivity contribution in [1.82, 2.24) is 29.6 Å². The maximum Gasteiger partial charge on any atom is 0.222 e. The Labute approximate surface area is 224 Å². The Hall–Kier alpha value is -3.02. The van der Waals surface area contributed by atoms with Gasteiger partial charge in [0.25, 0.3) is 0 Å². The van der Waals surface area contributed by atoms with Crippen molar-refractivity contribution in [2.45, 2.75) is 77.0 Å². The van der Waals surface area contributed by atoms with Crippen molar-refractivity contribution in [3.05, 3.63) is 29.7 Å². The summed E-state index contributed by atoms with van der Waals surface area (Å²) in [7, 11) is 1.65. The van der Waals surface area contributed by atoms with Crippen LogP contribution in [-0.4, -0.2) is 84.8 Å². The van der Waals surface area contributed by atoms with Crippen molar-refractivity contribution in [2.75, 3.05) is 44.4 Å². The lowest BCUT2D eigenvalue weighted by Crippen LogP contribution is -2.42. The van der Waals surface area contributed by atoms with Crippen LogP contribution in [0.4, 0.5) is 11.8 Å². The minimum absolute atomic E-state index is 0.0594. The molecule has 1 fully saturated rings. The summed E-state index contributed by atoms with van der Waals surface area (Å²) in [6.45, 7) is 8.84. The van der Waals surface area contributed by atoms with Crippen LogP contribution in [0, 0.1) is 0 Å². The Kier molecular flexibility index (Phi) is 9.01. The SMILES string of the molecule is CCC[C@@H](CCO)Nc1nc(N)nc2cnn(Cc3nc(C4CCN(CC(C)(C)O)CC4)ccc3OC)c12. The van der Waals surface area contributed by atoms with Crippen molar-refractivity contribution >= 4 is 22.8 Å². The van der Waals surface area contributed by atoms with Crippen LogP contribution in [0.1, 0.15) is 70.2 Å². The van der Waals surface area contributed by atoms with Gasteiger partial charge in [-0.2, -0.15) is 10.1 Å². The third kappa shape index (κ3) is 6.89. The predicted octanol–water partition coefficient (Wildman–Crippen LogP) is 2.77. The number of likely N-dealkylation sites (tertiary alicyclic amines) is 1. The molecule has 0 aromatic carbocycles. The largest absolute Gasteiger partial charge is 0.495 e. The molecule has 1 aliphatic rings. The summed E-state index contributed by atoms with van der Waals surface area (Å²) in [5.41, 5.74) is 8.54. The van der Waals surface area contributed by atoms with Crippen LogP contribution in [-0.2, 0) is 6.54 Å². The van der Waals surface area contributed by atoms with Crippen molar-refractivity contribution < 1.29 is 14.9 Å². The number of aliphatic hydroxyl groups excluding tert-OH is 1. The lowest BCUT2D eigenvalue weighted by Gasteiger charge is -2.35. The summed E-state index contributed by atoms with van der Waals surface area (Å²) in [6.07, 6.45) is 6.15. The lowest BCUT2D eigenvalue weighted by atomic mass is 9.92. The fourth-order valence-electron chi connectivity index (χ4n) is 5.33. The minimum atomic E-state index is -0.693. The smallest absolute Gasteiger partial charge is 0.222 e. The molecule has 1 aliphatic heterocycles. The van der Waals surface area contributed by atoms with E-state index >= 15 is 0 Å². The molecule has 4 rings (SSSR count). The Morgan fingerprint density at radius 2 is 1.95 bits per heavy atom. The van der Waals surface area contributed by atoms with Crippen LogP contribution in [0.15, 0.2) is 18.3 Å². The van der Waals surface area contributed by atoms with E-state index in [9.17, 15) is 10.2 Å². The molecule has 0 bridgehead atoms. The second kappa shape index (κ2) is 12.2. The summed E-state index contributed by atoms with van der Waals surface area (Å²) < 4.78 is 7.50. The number of ether oxygens (including phenoxy) is 1. The first kappa shape index (κ1) is 28.0. The third-order valence-corrected chi connectivity index (χ3v) is 7.05. The Bertz CT molecular complexity index is 1190. The number of piperidine rings is 1. The van der Waals surface area contributed by atoms with Crippen LogP contribution in [0.2, 0.25) is 0 Å². The van der Waals surface area contributed by atoms with Crippen molar-refractivity contribution in [3.63, 3.8) is 0 Å². The Balaban J connectivity index is 1.59. The number of nitrogens with two attached hydrogens (primary N) is 1. The van der Waals surface area contributed by atoms with Gasteiger partial charge < -0.3 is 30.9 Å². The average Bonchev–Trinajstić information content (AvgIpc) is 3.26. The summed E-state index contributed by atoms with van der Waals surface area (Å²) >= 11 is 0. The molecule has 11 nitrogen and oxygen atoms in total. The van der Waals surface area contributed by atoms with Crippen molar-refractivity contribution in [3.8, 4) is 5.75 Å². The number of anilines is 2. The molecule has 3 aromatic rings. The van der Waals surface area contributed by atoms with Gasteiger partial charge in [-0.25, -0.2) is 4.98 Å². The maximum atomic E-state index is 10.2. The van der Waals surface area contributed by atoms with Gasteiger partial charge in [-0.05, 0) is 64.8 Å². The van der Waals surface area contributed by atoms with E-state index < -0.39 is 5.60 Å². The number of methoxy groups -OCH3 is 1. The highest BCUT2D eigenvalue weighted by Crippen LogP contribution is 2.31. The fourth-order valence-corrected chi connectivity index (χ4v) is 5.33. The molecule has 0 aliphatic carbocycles. The predicted molar refractivity (Wildman–Crippen MR) is 148 cm³/mol. The number of aromatic nitrogens is 5. The molecular weight excluding hydrogens is 484 g/mol. The van der Waals surface area contributed by atoms with Gasteiger partial charge in [0, 0.05) is 30.8 Å².